The fourth-order valence-electron chi connectivity index (χ4n) is 5.00. The van der Waals surface area contributed by atoms with Crippen molar-refractivity contribution in [2.45, 2.75) is 38.3 Å². The number of carbonyl (C=O) groups is 2. The highest BCUT2D eigenvalue weighted by molar-refractivity contribution is 5.89. The molecule has 2 saturated heterocycles. The van der Waals surface area contributed by atoms with Gasteiger partial charge in [-0.2, -0.15) is 5.10 Å². The van der Waals surface area contributed by atoms with Gasteiger partial charge in [0.15, 0.2) is 0 Å². The number of nitrogens with zero attached hydrogens (tertiary/aromatic N) is 4. The first-order valence-corrected chi connectivity index (χ1v) is 10.4. The van der Waals surface area contributed by atoms with Crippen molar-refractivity contribution < 1.29 is 18.7 Å². The average molecular weight is 414 g/mol. The molecule has 1 aromatic heterocycles. The quantitative estimate of drug-likeness (QED) is 0.703. The second kappa shape index (κ2) is 8.18. The third-order valence-electron chi connectivity index (χ3n) is 6.52. The van der Waals surface area contributed by atoms with Crippen LogP contribution in [0.2, 0.25) is 0 Å². The number of amides is 1. The normalized spacial score (nSPS) is 21.4. The molecule has 0 N–H and O–H groups in total. The number of likely N-dealkylation sites (tertiary alicyclic amines) is 2. The van der Waals surface area contributed by atoms with Gasteiger partial charge in [-0.25, -0.2) is 9.07 Å². The van der Waals surface area contributed by atoms with E-state index in [0.29, 0.717) is 6.54 Å². The minimum absolute atomic E-state index is 0.0434. The van der Waals surface area contributed by atoms with Gasteiger partial charge in [0, 0.05) is 44.4 Å². The summed E-state index contributed by atoms with van der Waals surface area (Å²) in [7, 11) is 1.39. The minimum atomic E-state index is -0.437. The van der Waals surface area contributed by atoms with Crippen molar-refractivity contribution in [2.75, 3.05) is 26.7 Å². The Morgan fingerprint density at radius 2 is 1.97 bits per heavy atom. The maximum absolute atomic E-state index is 13.1. The lowest BCUT2D eigenvalue weighted by atomic mass is 9.76. The highest BCUT2D eigenvalue weighted by atomic mass is 19.1. The number of aromatic nitrogens is 2. The molecule has 1 spiro atoms. The Morgan fingerprint density at radius 3 is 2.60 bits per heavy atom. The van der Waals surface area contributed by atoms with Crippen molar-refractivity contribution in [2.24, 2.45) is 5.92 Å². The SMILES string of the molecule is CCN1C(=O)CC(C(=O)OC)C12CCN(Cc1cnn(-c3ccc(F)cc3)c1)CC2. The monoisotopic (exact) mass is 414 g/mol. The molecule has 4 rings (SSSR count). The van der Waals surface area contributed by atoms with Crippen LogP contribution in [0, 0.1) is 11.7 Å². The van der Waals surface area contributed by atoms with Crippen LogP contribution in [0.3, 0.4) is 0 Å². The summed E-state index contributed by atoms with van der Waals surface area (Å²) in [6.45, 7) is 4.89. The molecule has 3 heterocycles. The number of rotatable bonds is 5. The van der Waals surface area contributed by atoms with Crippen LogP contribution in [0.4, 0.5) is 4.39 Å². The van der Waals surface area contributed by atoms with E-state index in [1.807, 2.05) is 24.2 Å². The molecule has 160 valence electrons. The van der Waals surface area contributed by atoms with Crippen LogP contribution in [-0.4, -0.2) is 63.7 Å². The zero-order chi connectivity index (χ0) is 21.3. The van der Waals surface area contributed by atoms with Crippen LogP contribution < -0.4 is 0 Å². The number of carbonyl (C=O) groups excluding carboxylic acids is 2. The summed E-state index contributed by atoms with van der Waals surface area (Å²) in [6.07, 6.45) is 5.51. The molecule has 2 aliphatic heterocycles. The number of hydrogen-bond acceptors (Lipinski definition) is 5. The molecule has 1 atom stereocenters. The van der Waals surface area contributed by atoms with Crippen molar-refractivity contribution in [1.29, 1.82) is 0 Å². The summed E-state index contributed by atoms with van der Waals surface area (Å²) >= 11 is 0. The Hall–Kier alpha value is -2.74. The standard InChI is InChI=1S/C22H27FN4O3/c1-3-26-20(28)12-19(21(29)30-2)22(26)8-10-25(11-9-22)14-16-13-24-27(15-16)18-6-4-17(23)5-7-18/h4-7,13,15,19H,3,8-12,14H2,1-2H3. The van der Waals surface area contributed by atoms with Gasteiger partial charge in [0.1, 0.15) is 5.82 Å². The van der Waals surface area contributed by atoms with Gasteiger partial charge in [-0.05, 0) is 44.0 Å². The zero-order valence-electron chi connectivity index (χ0n) is 17.4. The third-order valence-corrected chi connectivity index (χ3v) is 6.52. The zero-order valence-corrected chi connectivity index (χ0v) is 17.4. The van der Waals surface area contributed by atoms with E-state index in [1.165, 1.54) is 19.2 Å². The molecule has 1 aromatic carbocycles. The van der Waals surface area contributed by atoms with Crippen molar-refractivity contribution in [3.8, 4) is 5.69 Å². The number of benzene rings is 1. The Balaban J connectivity index is 1.43. The molecule has 7 nitrogen and oxygen atoms in total. The van der Waals surface area contributed by atoms with Crippen molar-refractivity contribution in [3.63, 3.8) is 0 Å². The predicted octanol–water partition coefficient (Wildman–Crippen LogP) is 2.39. The maximum atomic E-state index is 13.1. The predicted molar refractivity (Wildman–Crippen MR) is 108 cm³/mol. The van der Waals surface area contributed by atoms with Gasteiger partial charge < -0.3 is 9.64 Å². The number of piperidine rings is 1. The van der Waals surface area contributed by atoms with E-state index in [0.717, 1.165) is 43.7 Å². The summed E-state index contributed by atoms with van der Waals surface area (Å²) in [5.41, 5.74) is 1.44. The summed E-state index contributed by atoms with van der Waals surface area (Å²) in [6, 6.07) is 6.22. The highest BCUT2D eigenvalue weighted by Crippen LogP contribution is 2.44. The van der Waals surface area contributed by atoms with Gasteiger partial charge in [0.05, 0.1) is 30.5 Å². The lowest BCUT2D eigenvalue weighted by Gasteiger charge is -2.46. The molecule has 0 aliphatic carbocycles. The van der Waals surface area contributed by atoms with E-state index in [2.05, 4.69) is 10.00 Å². The van der Waals surface area contributed by atoms with Gasteiger partial charge in [-0.3, -0.25) is 14.5 Å². The Labute approximate surface area is 175 Å². The van der Waals surface area contributed by atoms with Gasteiger partial charge >= 0.3 is 5.97 Å². The molecule has 30 heavy (non-hydrogen) atoms. The summed E-state index contributed by atoms with van der Waals surface area (Å²) in [4.78, 5) is 29.1. The average Bonchev–Trinajstić information content (AvgIpc) is 3.32. The van der Waals surface area contributed by atoms with Gasteiger partial charge in [0.2, 0.25) is 5.91 Å². The molecular weight excluding hydrogens is 387 g/mol. The lowest BCUT2D eigenvalue weighted by Crippen LogP contribution is -2.57. The number of esters is 1. The topological polar surface area (TPSA) is 67.7 Å². The Morgan fingerprint density at radius 1 is 1.27 bits per heavy atom. The molecule has 8 heteroatoms. The molecular formula is C22H27FN4O3. The van der Waals surface area contributed by atoms with E-state index in [1.54, 1.807) is 16.8 Å². The summed E-state index contributed by atoms with van der Waals surface area (Å²) in [5.74, 6) is -0.904. The van der Waals surface area contributed by atoms with Crippen LogP contribution in [-0.2, 0) is 20.9 Å². The largest absolute Gasteiger partial charge is 0.469 e. The summed E-state index contributed by atoms with van der Waals surface area (Å²) < 4.78 is 19.9. The lowest BCUT2D eigenvalue weighted by molar-refractivity contribution is -0.150. The van der Waals surface area contributed by atoms with Crippen molar-refractivity contribution in [3.05, 3.63) is 48.0 Å². The Bertz CT molecular complexity index is 917. The summed E-state index contributed by atoms with van der Waals surface area (Å²) in [5, 5.41) is 4.39. The van der Waals surface area contributed by atoms with E-state index >= 15 is 0 Å². The fraction of sp³-hybridized carbons (Fsp3) is 0.500. The first-order chi connectivity index (χ1) is 14.5. The van der Waals surface area contributed by atoms with Crippen molar-refractivity contribution >= 4 is 11.9 Å². The van der Waals surface area contributed by atoms with Crippen LogP contribution in [0.1, 0.15) is 31.7 Å². The molecule has 2 fully saturated rings. The Kier molecular flexibility index (Phi) is 5.60. The first kappa shape index (κ1) is 20.5. The van der Waals surface area contributed by atoms with E-state index in [9.17, 15) is 14.0 Å². The highest BCUT2D eigenvalue weighted by Gasteiger charge is 2.56. The van der Waals surface area contributed by atoms with Crippen molar-refractivity contribution in [1.82, 2.24) is 19.6 Å². The molecule has 2 aliphatic rings. The third kappa shape index (κ3) is 3.60. The molecule has 0 bridgehead atoms. The van der Waals surface area contributed by atoms with Crippen LogP contribution in [0.5, 0.6) is 0 Å². The van der Waals surface area contributed by atoms with Crippen LogP contribution in [0.15, 0.2) is 36.7 Å². The van der Waals surface area contributed by atoms with E-state index in [-0.39, 0.29) is 24.1 Å². The van der Waals surface area contributed by atoms with Crippen LogP contribution in [0.25, 0.3) is 5.69 Å². The number of methoxy groups -OCH3 is 1. The second-order valence-electron chi connectivity index (χ2n) is 8.07. The van der Waals surface area contributed by atoms with E-state index < -0.39 is 11.5 Å². The number of ether oxygens (including phenoxy) is 1. The number of hydrogen-bond donors (Lipinski definition) is 0. The number of halogens is 1. The molecule has 0 radical (unpaired) electrons. The van der Waals surface area contributed by atoms with Crippen LogP contribution >= 0.6 is 0 Å². The van der Waals surface area contributed by atoms with E-state index in [4.69, 9.17) is 4.74 Å². The molecule has 1 amide bonds. The molecule has 2 aromatic rings. The minimum Gasteiger partial charge on any atom is -0.469 e. The van der Waals surface area contributed by atoms with Gasteiger partial charge in [-0.15, -0.1) is 0 Å². The van der Waals surface area contributed by atoms with Gasteiger partial charge in [0.25, 0.3) is 0 Å². The first-order valence-electron chi connectivity index (χ1n) is 10.4. The smallest absolute Gasteiger partial charge is 0.311 e. The molecule has 1 unspecified atom stereocenters. The van der Waals surface area contributed by atoms with Gasteiger partial charge in [-0.1, -0.05) is 0 Å². The fourth-order valence-corrected chi connectivity index (χ4v) is 5.00. The maximum Gasteiger partial charge on any atom is 0.311 e. The second-order valence-corrected chi connectivity index (χ2v) is 8.07. The molecule has 0 saturated carbocycles.